The Hall–Kier alpha value is -2.13. The van der Waals surface area contributed by atoms with E-state index in [1.54, 1.807) is 11.8 Å². The Morgan fingerprint density at radius 1 is 0.818 bits per heavy atom. The Bertz CT molecular complexity index is 684. The summed E-state index contributed by atoms with van der Waals surface area (Å²) in [6.07, 6.45) is 2.11. The summed E-state index contributed by atoms with van der Waals surface area (Å²) >= 11 is 1.80. The first-order chi connectivity index (χ1) is 10.8. The van der Waals surface area contributed by atoms with Crippen LogP contribution < -0.4 is 0 Å². The molecule has 0 radical (unpaired) electrons. The van der Waals surface area contributed by atoms with Crippen LogP contribution in [0.3, 0.4) is 0 Å². The molecule has 0 saturated heterocycles. The van der Waals surface area contributed by atoms with E-state index in [4.69, 9.17) is 9.97 Å². The number of hydrogen-bond acceptors (Lipinski definition) is 3. The molecule has 0 spiro atoms. The summed E-state index contributed by atoms with van der Waals surface area (Å²) in [5, 5.41) is 0.341. The van der Waals surface area contributed by atoms with Crippen molar-refractivity contribution in [1.29, 1.82) is 0 Å². The SMILES string of the molecule is CSC(C)c1cc(-c2ccccc2)nc(-c2ccccc2)n1. The van der Waals surface area contributed by atoms with Gasteiger partial charge >= 0.3 is 0 Å². The van der Waals surface area contributed by atoms with Gasteiger partial charge in [0.25, 0.3) is 0 Å². The number of thioether (sulfide) groups is 1. The van der Waals surface area contributed by atoms with E-state index in [2.05, 4.69) is 43.5 Å². The molecule has 2 aromatic carbocycles. The van der Waals surface area contributed by atoms with Gasteiger partial charge in [0.2, 0.25) is 0 Å². The normalized spacial score (nSPS) is 12.1. The van der Waals surface area contributed by atoms with Crippen LogP contribution in [0.1, 0.15) is 17.9 Å². The standard InChI is InChI=1S/C19H18N2S/c1-14(22-2)17-13-18(15-9-5-3-6-10-15)21-19(20-17)16-11-7-4-8-12-16/h3-14H,1-2H3. The molecule has 3 heteroatoms. The lowest BCUT2D eigenvalue weighted by Gasteiger charge is -2.12. The largest absolute Gasteiger partial charge is 0.232 e. The molecular weight excluding hydrogens is 288 g/mol. The van der Waals surface area contributed by atoms with Crippen molar-refractivity contribution in [3.05, 3.63) is 72.4 Å². The number of rotatable bonds is 4. The van der Waals surface area contributed by atoms with Crippen LogP contribution in [0.5, 0.6) is 0 Å². The minimum absolute atomic E-state index is 0.341. The lowest BCUT2D eigenvalue weighted by Crippen LogP contribution is -2.00. The van der Waals surface area contributed by atoms with Gasteiger partial charge in [-0.3, -0.25) is 0 Å². The zero-order valence-corrected chi connectivity index (χ0v) is 13.5. The van der Waals surface area contributed by atoms with Crippen molar-refractivity contribution in [3.8, 4) is 22.6 Å². The molecule has 0 aliphatic heterocycles. The number of benzene rings is 2. The lowest BCUT2D eigenvalue weighted by atomic mass is 10.1. The summed E-state index contributed by atoms with van der Waals surface area (Å²) in [5.41, 5.74) is 4.22. The highest BCUT2D eigenvalue weighted by molar-refractivity contribution is 7.98. The Morgan fingerprint density at radius 2 is 1.41 bits per heavy atom. The zero-order chi connectivity index (χ0) is 15.4. The van der Waals surface area contributed by atoms with Crippen LogP contribution in [0.2, 0.25) is 0 Å². The van der Waals surface area contributed by atoms with Gasteiger partial charge in [-0.05, 0) is 19.2 Å². The number of nitrogens with zero attached hydrogens (tertiary/aromatic N) is 2. The highest BCUT2D eigenvalue weighted by Crippen LogP contribution is 2.29. The molecule has 0 bridgehead atoms. The minimum atomic E-state index is 0.341. The second-order valence-corrected chi connectivity index (χ2v) is 6.29. The van der Waals surface area contributed by atoms with E-state index in [1.807, 2.05) is 36.4 Å². The van der Waals surface area contributed by atoms with Crippen LogP contribution in [0.15, 0.2) is 66.7 Å². The van der Waals surface area contributed by atoms with E-state index in [1.165, 1.54) is 0 Å². The van der Waals surface area contributed by atoms with Crippen molar-refractivity contribution in [3.63, 3.8) is 0 Å². The summed E-state index contributed by atoms with van der Waals surface area (Å²) < 4.78 is 0. The fraction of sp³-hybridized carbons (Fsp3) is 0.158. The zero-order valence-electron chi connectivity index (χ0n) is 12.7. The molecule has 0 amide bonds. The van der Waals surface area contributed by atoms with E-state index >= 15 is 0 Å². The van der Waals surface area contributed by atoms with Crippen molar-refractivity contribution < 1.29 is 0 Å². The fourth-order valence-corrected chi connectivity index (χ4v) is 2.63. The monoisotopic (exact) mass is 306 g/mol. The summed E-state index contributed by atoms with van der Waals surface area (Å²) in [7, 11) is 0. The molecule has 0 saturated carbocycles. The van der Waals surface area contributed by atoms with Gasteiger partial charge in [-0.15, -0.1) is 0 Å². The van der Waals surface area contributed by atoms with Crippen molar-refractivity contribution in [1.82, 2.24) is 9.97 Å². The van der Waals surface area contributed by atoms with Gasteiger partial charge in [0, 0.05) is 16.4 Å². The second-order valence-electron chi connectivity index (χ2n) is 5.11. The minimum Gasteiger partial charge on any atom is -0.232 e. The summed E-state index contributed by atoms with van der Waals surface area (Å²) in [4.78, 5) is 9.54. The third-order valence-electron chi connectivity index (χ3n) is 3.62. The highest BCUT2D eigenvalue weighted by atomic mass is 32.2. The van der Waals surface area contributed by atoms with Gasteiger partial charge < -0.3 is 0 Å². The molecule has 3 aromatic rings. The van der Waals surface area contributed by atoms with Crippen LogP contribution in [-0.4, -0.2) is 16.2 Å². The first-order valence-corrected chi connectivity index (χ1v) is 8.59. The van der Waals surface area contributed by atoms with Crippen LogP contribution in [-0.2, 0) is 0 Å². The van der Waals surface area contributed by atoms with Crippen molar-refractivity contribution >= 4 is 11.8 Å². The molecular formula is C19H18N2S. The van der Waals surface area contributed by atoms with Gasteiger partial charge in [0.15, 0.2) is 5.82 Å². The van der Waals surface area contributed by atoms with E-state index in [-0.39, 0.29) is 0 Å². The molecule has 110 valence electrons. The average Bonchev–Trinajstić information content (AvgIpc) is 2.62. The molecule has 0 aliphatic rings. The number of aromatic nitrogens is 2. The second kappa shape index (κ2) is 6.75. The van der Waals surface area contributed by atoms with Gasteiger partial charge in [-0.2, -0.15) is 11.8 Å². The molecule has 3 rings (SSSR count). The summed E-state index contributed by atoms with van der Waals surface area (Å²) in [6, 6.07) is 22.5. The van der Waals surface area contributed by atoms with E-state index in [0.717, 1.165) is 28.3 Å². The predicted molar refractivity (Wildman–Crippen MR) is 94.8 cm³/mol. The molecule has 0 fully saturated rings. The van der Waals surface area contributed by atoms with Crippen molar-refractivity contribution in [2.45, 2.75) is 12.2 Å². The third-order valence-corrected chi connectivity index (χ3v) is 4.57. The van der Waals surface area contributed by atoms with Gasteiger partial charge in [-0.25, -0.2) is 9.97 Å². The molecule has 1 unspecified atom stereocenters. The summed E-state index contributed by atoms with van der Waals surface area (Å²) in [5.74, 6) is 0.790. The quantitative estimate of drug-likeness (QED) is 0.659. The average molecular weight is 306 g/mol. The first kappa shape index (κ1) is 14.8. The lowest BCUT2D eigenvalue weighted by molar-refractivity contribution is 0.987. The maximum absolute atomic E-state index is 4.77. The van der Waals surface area contributed by atoms with Gasteiger partial charge in [-0.1, -0.05) is 60.7 Å². The Morgan fingerprint density at radius 3 is 2.00 bits per heavy atom. The van der Waals surface area contributed by atoms with Crippen LogP contribution in [0.4, 0.5) is 0 Å². The van der Waals surface area contributed by atoms with E-state index in [0.29, 0.717) is 5.25 Å². The molecule has 1 aromatic heterocycles. The van der Waals surface area contributed by atoms with Crippen molar-refractivity contribution in [2.75, 3.05) is 6.26 Å². The van der Waals surface area contributed by atoms with Gasteiger partial charge in [0.05, 0.1) is 11.4 Å². The molecule has 1 heterocycles. The first-order valence-electron chi connectivity index (χ1n) is 7.30. The highest BCUT2D eigenvalue weighted by Gasteiger charge is 2.12. The van der Waals surface area contributed by atoms with E-state index < -0.39 is 0 Å². The molecule has 0 N–H and O–H groups in total. The van der Waals surface area contributed by atoms with E-state index in [9.17, 15) is 0 Å². The molecule has 22 heavy (non-hydrogen) atoms. The molecule has 0 aliphatic carbocycles. The topological polar surface area (TPSA) is 25.8 Å². The smallest absolute Gasteiger partial charge is 0.160 e. The van der Waals surface area contributed by atoms with Gasteiger partial charge in [0.1, 0.15) is 0 Å². The number of hydrogen-bond donors (Lipinski definition) is 0. The van der Waals surface area contributed by atoms with Crippen LogP contribution >= 0.6 is 11.8 Å². The maximum atomic E-state index is 4.77. The molecule has 1 atom stereocenters. The Labute approximate surface area is 135 Å². The van der Waals surface area contributed by atoms with Crippen molar-refractivity contribution in [2.24, 2.45) is 0 Å². The Balaban J connectivity index is 2.14. The van der Waals surface area contributed by atoms with Crippen LogP contribution in [0, 0.1) is 0 Å². The molecule has 2 nitrogen and oxygen atoms in total. The van der Waals surface area contributed by atoms with Crippen LogP contribution in [0.25, 0.3) is 22.6 Å². The summed E-state index contributed by atoms with van der Waals surface area (Å²) in [6.45, 7) is 2.18. The fourth-order valence-electron chi connectivity index (χ4n) is 2.27. The predicted octanol–water partition coefficient (Wildman–Crippen LogP) is 5.23. The Kier molecular flexibility index (Phi) is 4.54. The third kappa shape index (κ3) is 3.20. The maximum Gasteiger partial charge on any atom is 0.160 e.